The molecule has 2 aromatic carbocycles. The maximum absolute atomic E-state index is 12.9. The number of nitrogens with zero attached hydrogens (tertiary/aromatic N) is 2. The highest BCUT2D eigenvalue weighted by Crippen LogP contribution is 2.29. The van der Waals surface area contributed by atoms with E-state index in [1.54, 1.807) is 6.92 Å². The minimum absolute atomic E-state index is 0.277. The van der Waals surface area contributed by atoms with Crippen LogP contribution in [-0.2, 0) is 9.53 Å². The standard InChI is InChI=1S/C26H32N4O3/c1-4-33-25(31)23-21(27-26(32)28-24(23)20-8-6-5-7-9-20)17-29-12-14-30(15-13-29)22-16-18(2)10-11-19(22)3/h5-11,16,24H,4,12-15,17H2,1-3H3,(H2,27,28,32). The number of ether oxygens (including phenoxy) is 1. The first kappa shape index (κ1) is 22.9. The molecular weight excluding hydrogens is 416 g/mol. The number of anilines is 1. The molecule has 7 nitrogen and oxygen atoms in total. The van der Waals surface area contributed by atoms with Gasteiger partial charge in [0, 0.05) is 44.1 Å². The van der Waals surface area contributed by atoms with Crippen LogP contribution in [0.2, 0.25) is 0 Å². The van der Waals surface area contributed by atoms with Crippen molar-refractivity contribution in [1.82, 2.24) is 15.5 Å². The Labute approximate surface area is 195 Å². The van der Waals surface area contributed by atoms with Crippen molar-refractivity contribution in [3.63, 3.8) is 0 Å². The van der Waals surface area contributed by atoms with Gasteiger partial charge < -0.3 is 20.3 Å². The van der Waals surface area contributed by atoms with Gasteiger partial charge in [0.1, 0.15) is 0 Å². The molecule has 1 fully saturated rings. The van der Waals surface area contributed by atoms with Gasteiger partial charge in [-0.2, -0.15) is 0 Å². The predicted molar refractivity (Wildman–Crippen MR) is 129 cm³/mol. The van der Waals surface area contributed by atoms with E-state index in [0.29, 0.717) is 17.8 Å². The summed E-state index contributed by atoms with van der Waals surface area (Å²) in [6, 6.07) is 15.2. The van der Waals surface area contributed by atoms with Crippen LogP contribution in [0.25, 0.3) is 0 Å². The van der Waals surface area contributed by atoms with Crippen molar-refractivity contribution in [2.45, 2.75) is 26.8 Å². The summed E-state index contributed by atoms with van der Waals surface area (Å²) in [6.45, 7) is 10.3. The summed E-state index contributed by atoms with van der Waals surface area (Å²) in [5, 5.41) is 5.78. The van der Waals surface area contributed by atoms with Gasteiger partial charge in [-0.1, -0.05) is 42.5 Å². The maximum Gasteiger partial charge on any atom is 0.338 e. The SMILES string of the molecule is CCOC(=O)C1=C(CN2CCN(c3cc(C)ccc3C)CC2)NC(=O)NC1c1ccccc1. The number of amides is 2. The molecule has 2 aliphatic rings. The summed E-state index contributed by atoms with van der Waals surface area (Å²) >= 11 is 0. The molecule has 1 unspecified atom stereocenters. The zero-order valence-electron chi connectivity index (χ0n) is 19.6. The quantitative estimate of drug-likeness (QED) is 0.664. The molecule has 33 heavy (non-hydrogen) atoms. The molecule has 7 heteroatoms. The molecule has 174 valence electrons. The van der Waals surface area contributed by atoms with Crippen molar-refractivity contribution in [1.29, 1.82) is 0 Å². The Balaban J connectivity index is 1.55. The van der Waals surface area contributed by atoms with Gasteiger partial charge in [-0.25, -0.2) is 9.59 Å². The predicted octanol–water partition coefficient (Wildman–Crippen LogP) is 3.30. The second kappa shape index (κ2) is 10.1. The number of rotatable bonds is 6. The van der Waals surface area contributed by atoms with E-state index in [4.69, 9.17) is 4.74 Å². The topological polar surface area (TPSA) is 73.9 Å². The van der Waals surface area contributed by atoms with E-state index in [2.05, 4.69) is 52.5 Å². The van der Waals surface area contributed by atoms with Crippen molar-refractivity contribution in [2.24, 2.45) is 0 Å². The largest absolute Gasteiger partial charge is 0.463 e. The molecule has 0 aromatic heterocycles. The monoisotopic (exact) mass is 448 g/mol. The Morgan fingerprint density at radius 3 is 2.48 bits per heavy atom. The number of piperazine rings is 1. The lowest BCUT2D eigenvalue weighted by molar-refractivity contribution is -0.139. The van der Waals surface area contributed by atoms with Crippen LogP contribution in [0.1, 0.15) is 29.7 Å². The number of hydrogen-bond acceptors (Lipinski definition) is 5. The first-order chi connectivity index (χ1) is 16.0. The summed E-state index contributed by atoms with van der Waals surface area (Å²) in [5.74, 6) is -0.400. The van der Waals surface area contributed by atoms with Crippen LogP contribution < -0.4 is 15.5 Å². The third-order valence-electron chi connectivity index (χ3n) is 6.24. The van der Waals surface area contributed by atoms with Crippen LogP contribution in [0, 0.1) is 13.8 Å². The van der Waals surface area contributed by atoms with Gasteiger partial charge in [-0.15, -0.1) is 0 Å². The first-order valence-corrected chi connectivity index (χ1v) is 11.5. The Bertz CT molecular complexity index is 1040. The number of nitrogens with one attached hydrogen (secondary N) is 2. The molecule has 1 saturated heterocycles. The zero-order valence-corrected chi connectivity index (χ0v) is 19.6. The molecule has 1 atom stereocenters. The van der Waals surface area contributed by atoms with Gasteiger partial charge in [0.05, 0.1) is 18.2 Å². The van der Waals surface area contributed by atoms with Crippen molar-refractivity contribution in [3.05, 3.63) is 76.5 Å². The van der Waals surface area contributed by atoms with Crippen LogP contribution in [0.3, 0.4) is 0 Å². The van der Waals surface area contributed by atoms with Crippen LogP contribution >= 0.6 is 0 Å². The fourth-order valence-electron chi connectivity index (χ4n) is 4.52. The Kier molecular flexibility index (Phi) is 6.99. The molecule has 2 N–H and O–H groups in total. The zero-order chi connectivity index (χ0) is 23.4. The fourth-order valence-corrected chi connectivity index (χ4v) is 4.52. The van der Waals surface area contributed by atoms with E-state index in [1.807, 2.05) is 30.3 Å². The lowest BCUT2D eigenvalue weighted by Gasteiger charge is -2.38. The van der Waals surface area contributed by atoms with E-state index in [1.165, 1.54) is 16.8 Å². The molecule has 0 spiro atoms. The highest BCUT2D eigenvalue weighted by molar-refractivity contribution is 5.95. The molecule has 4 rings (SSSR count). The summed E-state index contributed by atoms with van der Waals surface area (Å²) in [5.41, 5.74) is 5.75. The molecular formula is C26H32N4O3. The summed E-state index contributed by atoms with van der Waals surface area (Å²) < 4.78 is 5.37. The number of carbonyl (C=O) groups excluding carboxylic acids is 2. The number of hydrogen-bond donors (Lipinski definition) is 2. The Morgan fingerprint density at radius 2 is 1.79 bits per heavy atom. The summed E-state index contributed by atoms with van der Waals surface area (Å²) in [6.07, 6.45) is 0. The van der Waals surface area contributed by atoms with Gasteiger partial charge in [-0.05, 0) is 43.5 Å². The normalized spacial score (nSPS) is 19.2. The maximum atomic E-state index is 12.9. The Hall–Kier alpha value is -3.32. The van der Waals surface area contributed by atoms with Gasteiger partial charge in [-0.3, -0.25) is 4.90 Å². The van der Waals surface area contributed by atoms with Gasteiger partial charge in [0.25, 0.3) is 0 Å². The molecule has 2 aromatic rings. The van der Waals surface area contributed by atoms with Crippen LogP contribution in [-0.4, -0.2) is 56.2 Å². The first-order valence-electron chi connectivity index (χ1n) is 11.5. The third kappa shape index (κ3) is 5.20. The third-order valence-corrected chi connectivity index (χ3v) is 6.24. The second-order valence-corrected chi connectivity index (χ2v) is 8.61. The summed E-state index contributed by atoms with van der Waals surface area (Å²) in [7, 11) is 0. The number of esters is 1. The fraction of sp³-hybridized carbons (Fsp3) is 0.385. The minimum Gasteiger partial charge on any atom is -0.463 e. The van der Waals surface area contributed by atoms with Crippen molar-refractivity contribution < 1.29 is 14.3 Å². The molecule has 0 aliphatic carbocycles. The molecule has 0 saturated carbocycles. The van der Waals surface area contributed by atoms with E-state index < -0.39 is 12.0 Å². The second-order valence-electron chi connectivity index (χ2n) is 8.61. The molecule has 2 heterocycles. The lowest BCUT2D eigenvalue weighted by Crippen LogP contribution is -2.52. The average Bonchev–Trinajstić information content (AvgIpc) is 2.81. The highest BCUT2D eigenvalue weighted by Gasteiger charge is 2.34. The average molecular weight is 449 g/mol. The van der Waals surface area contributed by atoms with Crippen molar-refractivity contribution in [2.75, 3.05) is 44.2 Å². The van der Waals surface area contributed by atoms with Gasteiger partial charge in [0.2, 0.25) is 0 Å². The molecule has 0 bridgehead atoms. The van der Waals surface area contributed by atoms with Crippen molar-refractivity contribution in [3.8, 4) is 0 Å². The number of benzene rings is 2. The van der Waals surface area contributed by atoms with E-state index in [0.717, 1.165) is 31.7 Å². The van der Waals surface area contributed by atoms with Gasteiger partial charge in [0.15, 0.2) is 0 Å². The lowest BCUT2D eigenvalue weighted by atomic mass is 9.95. The smallest absolute Gasteiger partial charge is 0.338 e. The van der Waals surface area contributed by atoms with Crippen LogP contribution in [0.4, 0.5) is 10.5 Å². The highest BCUT2D eigenvalue weighted by atomic mass is 16.5. The van der Waals surface area contributed by atoms with E-state index in [-0.39, 0.29) is 12.6 Å². The molecule has 2 amide bonds. The molecule has 2 aliphatic heterocycles. The van der Waals surface area contributed by atoms with Crippen LogP contribution in [0.5, 0.6) is 0 Å². The Morgan fingerprint density at radius 1 is 1.06 bits per heavy atom. The number of urea groups is 1. The van der Waals surface area contributed by atoms with E-state index >= 15 is 0 Å². The summed E-state index contributed by atoms with van der Waals surface area (Å²) in [4.78, 5) is 30.1. The number of carbonyl (C=O) groups is 2. The van der Waals surface area contributed by atoms with Crippen LogP contribution in [0.15, 0.2) is 59.8 Å². The van der Waals surface area contributed by atoms with E-state index in [9.17, 15) is 9.59 Å². The number of aryl methyl sites for hydroxylation is 2. The van der Waals surface area contributed by atoms with Crippen molar-refractivity contribution >= 4 is 17.7 Å². The van der Waals surface area contributed by atoms with Gasteiger partial charge >= 0.3 is 12.0 Å². The molecule has 0 radical (unpaired) electrons. The minimum atomic E-state index is -0.537.